The maximum absolute atomic E-state index is 4.42. The zero-order valence-corrected chi connectivity index (χ0v) is 13.1. The molecular formula is C15H21N7. The van der Waals surface area contributed by atoms with Crippen LogP contribution in [-0.4, -0.2) is 55.8 Å². The second kappa shape index (κ2) is 5.31. The molecule has 2 aliphatic rings. The molecule has 2 aromatic rings. The van der Waals surface area contributed by atoms with Crippen LogP contribution in [0.2, 0.25) is 0 Å². The van der Waals surface area contributed by atoms with Crippen LogP contribution in [0.1, 0.15) is 11.5 Å². The van der Waals surface area contributed by atoms with Crippen LogP contribution in [0.3, 0.4) is 0 Å². The molecule has 0 radical (unpaired) electrons. The molecule has 22 heavy (non-hydrogen) atoms. The fraction of sp³-hybridized carbons (Fsp3) is 0.600. The van der Waals surface area contributed by atoms with Gasteiger partial charge in [-0.3, -0.25) is 4.90 Å². The monoisotopic (exact) mass is 299 g/mol. The number of aromatic nitrogens is 5. The van der Waals surface area contributed by atoms with Crippen LogP contribution in [-0.2, 0) is 13.6 Å². The SMILES string of the molecule is Cc1cc(N2CC3CN(Cc4nncn4C)CC3C2)ncn1. The van der Waals surface area contributed by atoms with Gasteiger partial charge in [0, 0.05) is 45.0 Å². The van der Waals surface area contributed by atoms with E-state index in [0.717, 1.165) is 61.9 Å². The first-order valence-electron chi connectivity index (χ1n) is 7.78. The number of likely N-dealkylation sites (tertiary alicyclic amines) is 1. The third kappa shape index (κ3) is 2.45. The molecule has 2 saturated heterocycles. The van der Waals surface area contributed by atoms with E-state index >= 15 is 0 Å². The van der Waals surface area contributed by atoms with Crippen LogP contribution >= 0.6 is 0 Å². The van der Waals surface area contributed by atoms with Gasteiger partial charge in [-0.05, 0) is 18.8 Å². The lowest BCUT2D eigenvalue weighted by Gasteiger charge is -2.22. The van der Waals surface area contributed by atoms with E-state index in [1.54, 1.807) is 12.7 Å². The van der Waals surface area contributed by atoms with Crippen LogP contribution in [0.4, 0.5) is 5.82 Å². The van der Waals surface area contributed by atoms with Crippen LogP contribution in [0.25, 0.3) is 0 Å². The lowest BCUT2D eigenvalue weighted by molar-refractivity contribution is 0.297. The van der Waals surface area contributed by atoms with Crippen molar-refractivity contribution in [2.75, 3.05) is 31.1 Å². The van der Waals surface area contributed by atoms with Gasteiger partial charge in [0.05, 0.1) is 6.54 Å². The maximum Gasteiger partial charge on any atom is 0.146 e. The molecule has 0 N–H and O–H groups in total. The average molecular weight is 299 g/mol. The van der Waals surface area contributed by atoms with Crippen molar-refractivity contribution in [3.63, 3.8) is 0 Å². The van der Waals surface area contributed by atoms with E-state index in [0.29, 0.717) is 0 Å². The zero-order valence-electron chi connectivity index (χ0n) is 13.1. The van der Waals surface area contributed by atoms with E-state index in [2.05, 4.69) is 36.0 Å². The number of rotatable bonds is 3. The summed E-state index contributed by atoms with van der Waals surface area (Å²) < 4.78 is 2.00. The standard InChI is InChI=1S/C15H21N7/c1-11-3-14(17-9-16-11)22-6-12-4-21(5-13(12)7-22)8-15-19-18-10-20(15)2/h3,9-10,12-13H,4-8H2,1-2H3. The van der Waals surface area contributed by atoms with Crippen LogP contribution < -0.4 is 4.90 Å². The van der Waals surface area contributed by atoms with Gasteiger partial charge in [0.2, 0.25) is 0 Å². The normalized spacial score (nSPS) is 24.9. The number of hydrogen-bond donors (Lipinski definition) is 0. The molecule has 7 heteroatoms. The molecule has 0 amide bonds. The van der Waals surface area contributed by atoms with Gasteiger partial charge in [-0.1, -0.05) is 0 Å². The average Bonchev–Trinajstić information content (AvgIpc) is 3.15. The molecule has 2 unspecified atom stereocenters. The highest BCUT2D eigenvalue weighted by atomic mass is 15.3. The number of anilines is 1. The molecule has 116 valence electrons. The van der Waals surface area contributed by atoms with Gasteiger partial charge in [0.25, 0.3) is 0 Å². The fourth-order valence-corrected chi connectivity index (χ4v) is 3.67. The Hall–Kier alpha value is -2.02. The van der Waals surface area contributed by atoms with Gasteiger partial charge >= 0.3 is 0 Å². The molecule has 2 fully saturated rings. The molecule has 2 aliphatic heterocycles. The molecule has 2 atom stereocenters. The van der Waals surface area contributed by atoms with Crippen molar-refractivity contribution in [1.29, 1.82) is 0 Å². The van der Waals surface area contributed by atoms with Gasteiger partial charge < -0.3 is 9.47 Å². The predicted molar refractivity (Wildman–Crippen MR) is 82.2 cm³/mol. The molecular weight excluding hydrogens is 278 g/mol. The van der Waals surface area contributed by atoms with Gasteiger partial charge in [-0.2, -0.15) is 0 Å². The topological polar surface area (TPSA) is 63.0 Å². The van der Waals surface area contributed by atoms with Crippen molar-refractivity contribution in [1.82, 2.24) is 29.6 Å². The number of hydrogen-bond acceptors (Lipinski definition) is 6. The molecule has 7 nitrogen and oxygen atoms in total. The molecule has 0 aromatic carbocycles. The minimum Gasteiger partial charge on any atom is -0.356 e. The molecule has 4 rings (SSSR count). The van der Waals surface area contributed by atoms with E-state index in [1.807, 2.05) is 18.5 Å². The summed E-state index contributed by atoms with van der Waals surface area (Å²) >= 11 is 0. The maximum atomic E-state index is 4.42. The Kier molecular flexibility index (Phi) is 3.29. The van der Waals surface area contributed by atoms with Gasteiger partial charge in [0.15, 0.2) is 0 Å². The predicted octanol–water partition coefficient (Wildman–Crippen LogP) is 0.482. The highest BCUT2D eigenvalue weighted by Crippen LogP contribution is 2.33. The fourth-order valence-electron chi connectivity index (χ4n) is 3.67. The van der Waals surface area contributed by atoms with E-state index in [1.165, 1.54) is 0 Å². The van der Waals surface area contributed by atoms with E-state index < -0.39 is 0 Å². The first-order valence-corrected chi connectivity index (χ1v) is 7.78. The van der Waals surface area contributed by atoms with Crippen molar-refractivity contribution >= 4 is 5.82 Å². The highest BCUT2D eigenvalue weighted by molar-refractivity contribution is 5.40. The lowest BCUT2D eigenvalue weighted by atomic mass is 10.0. The molecule has 0 bridgehead atoms. The van der Waals surface area contributed by atoms with Crippen LogP contribution in [0.15, 0.2) is 18.7 Å². The summed E-state index contributed by atoms with van der Waals surface area (Å²) in [5, 5.41) is 8.15. The molecule has 4 heterocycles. The summed E-state index contributed by atoms with van der Waals surface area (Å²) in [6.45, 7) is 7.38. The summed E-state index contributed by atoms with van der Waals surface area (Å²) in [6.07, 6.45) is 3.44. The van der Waals surface area contributed by atoms with Gasteiger partial charge in [-0.25, -0.2) is 9.97 Å². The first kappa shape index (κ1) is 13.6. The minimum absolute atomic E-state index is 0.725. The van der Waals surface area contributed by atoms with Crippen molar-refractivity contribution in [2.24, 2.45) is 18.9 Å². The number of aryl methyl sites for hydroxylation is 2. The van der Waals surface area contributed by atoms with Crippen LogP contribution in [0.5, 0.6) is 0 Å². The van der Waals surface area contributed by atoms with E-state index in [-0.39, 0.29) is 0 Å². The Bertz CT molecular complexity index is 653. The molecule has 2 aromatic heterocycles. The van der Waals surface area contributed by atoms with Crippen molar-refractivity contribution in [2.45, 2.75) is 13.5 Å². The quantitative estimate of drug-likeness (QED) is 0.821. The van der Waals surface area contributed by atoms with Gasteiger partial charge in [-0.15, -0.1) is 10.2 Å². The second-order valence-electron chi connectivity index (χ2n) is 6.49. The van der Waals surface area contributed by atoms with Crippen LogP contribution in [0, 0.1) is 18.8 Å². The zero-order chi connectivity index (χ0) is 15.1. The molecule has 0 spiro atoms. The largest absolute Gasteiger partial charge is 0.356 e. The van der Waals surface area contributed by atoms with Crippen molar-refractivity contribution in [3.8, 4) is 0 Å². The smallest absolute Gasteiger partial charge is 0.146 e. The van der Waals surface area contributed by atoms with Gasteiger partial charge in [0.1, 0.15) is 24.3 Å². The first-order chi connectivity index (χ1) is 10.7. The summed E-state index contributed by atoms with van der Waals surface area (Å²) in [5.41, 5.74) is 1.03. The highest BCUT2D eigenvalue weighted by Gasteiger charge is 2.40. The summed E-state index contributed by atoms with van der Waals surface area (Å²) in [6, 6.07) is 2.08. The van der Waals surface area contributed by atoms with Crippen molar-refractivity contribution < 1.29 is 0 Å². The Labute approximate surface area is 130 Å². The minimum atomic E-state index is 0.725. The lowest BCUT2D eigenvalue weighted by Crippen LogP contribution is -2.29. The summed E-state index contributed by atoms with van der Waals surface area (Å²) in [5.74, 6) is 3.57. The Morgan fingerprint density at radius 2 is 1.91 bits per heavy atom. The molecule has 0 aliphatic carbocycles. The third-order valence-electron chi connectivity index (χ3n) is 4.85. The second-order valence-corrected chi connectivity index (χ2v) is 6.49. The summed E-state index contributed by atoms with van der Waals surface area (Å²) in [4.78, 5) is 13.5. The number of nitrogens with zero attached hydrogens (tertiary/aromatic N) is 7. The Balaban J connectivity index is 1.39. The third-order valence-corrected chi connectivity index (χ3v) is 4.85. The molecule has 0 saturated carbocycles. The van der Waals surface area contributed by atoms with E-state index in [4.69, 9.17) is 0 Å². The summed E-state index contributed by atoms with van der Waals surface area (Å²) in [7, 11) is 2.01. The van der Waals surface area contributed by atoms with Crippen molar-refractivity contribution in [3.05, 3.63) is 30.2 Å². The Morgan fingerprint density at radius 1 is 1.14 bits per heavy atom. The number of fused-ring (bicyclic) bond motifs is 1. The van der Waals surface area contributed by atoms with E-state index in [9.17, 15) is 0 Å². The Morgan fingerprint density at radius 3 is 2.55 bits per heavy atom.